The van der Waals surface area contributed by atoms with Crippen molar-refractivity contribution in [1.82, 2.24) is 9.80 Å². The molecule has 1 aromatic heterocycles. The van der Waals surface area contributed by atoms with E-state index in [1.807, 2.05) is 0 Å². The Labute approximate surface area is 125 Å². The molecule has 0 unspecified atom stereocenters. The highest BCUT2D eigenvalue weighted by molar-refractivity contribution is 7.07. The Bertz CT molecular complexity index is 426. The van der Waals surface area contributed by atoms with Crippen LogP contribution in [-0.4, -0.2) is 48.4 Å². The average Bonchev–Trinajstić information content (AvgIpc) is 3.12. The number of amides is 1. The lowest BCUT2D eigenvalue weighted by atomic mass is 9.97. The maximum atomic E-state index is 12.4. The fraction of sp³-hybridized carbons (Fsp3) is 0.688. The van der Waals surface area contributed by atoms with Gasteiger partial charge in [-0.1, -0.05) is 0 Å². The van der Waals surface area contributed by atoms with Gasteiger partial charge in [-0.25, -0.2) is 0 Å². The van der Waals surface area contributed by atoms with Gasteiger partial charge >= 0.3 is 0 Å². The van der Waals surface area contributed by atoms with Gasteiger partial charge in [0.1, 0.15) is 0 Å². The van der Waals surface area contributed by atoms with Crippen LogP contribution >= 0.6 is 11.3 Å². The highest BCUT2D eigenvalue weighted by atomic mass is 32.1. The van der Waals surface area contributed by atoms with Crippen LogP contribution in [0.2, 0.25) is 0 Å². The Hall–Kier alpha value is -0.870. The third-order valence-electron chi connectivity index (χ3n) is 4.52. The number of carbonyl (C=O) groups excluding carboxylic acids is 1. The molecule has 2 aliphatic rings. The topological polar surface area (TPSA) is 23.6 Å². The molecule has 3 nitrogen and oxygen atoms in total. The lowest BCUT2D eigenvalue weighted by Crippen LogP contribution is -2.43. The fourth-order valence-corrected chi connectivity index (χ4v) is 4.12. The maximum absolute atomic E-state index is 12.4. The second-order valence-electron chi connectivity index (χ2n) is 6.16. The predicted molar refractivity (Wildman–Crippen MR) is 83.0 cm³/mol. The molecule has 2 saturated heterocycles. The van der Waals surface area contributed by atoms with Gasteiger partial charge in [-0.15, -0.1) is 0 Å². The lowest BCUT2D eigenvalue weighted by Gasteiger charge is -2.34. The summed E-state index contributed by atoms with van der Waals surface area (Å²) in [5.41, 5.74) is 1.17. The van der Waals surface area contributed by atoms with E-state index in [-0.39, 0.29) is 0 Å². The minimum Gasteiger partial charge on any atom is -0.342 e. The molecule has 3 rings (SSSR count). The van der Waals surface area contributed by atoms with Crippen molar-refractivity contribution < 1.29 is 4.79 Å². The highest BCUT2D eigenvalue weighted by Gasteiger charge is 2.26. The summed E-state index contributed by atoms with van der Waals surface area (Å²) in [5.74, 6) is 1.00. The number of hydrogen-bond donors (Lipinski definition) is 0. The molecular weight excluding hydrogens is 268 g/mol. The molecule has 0 aliphatic carbocycles. The molecule has 20 heavy (non-hydrogen) atoms. The first-order valence-electron chi connectivity index (χ1n) is 7.82. The predicted octanol–water partition coefficient (Wildman–Crippen LogP) is 2.63. The number of carbonyl (C=O) groups is 1. The summed E-state index contributed by atoms with van der Waals surface area (Å²) < 4.78 is 0. The quantitative estimate of drug-likeness (QED) is 0.852. The van der Waals surface area contributed by atoms with Gasteiger partial charge in [0.25, 0.3) is 0 Å². The van der Waals surface area contributed by atoms with Crippen molar-refractivity contribution in [2.24, 2.45) is 5.92 Å². The number of thiophene rings is 1. The van der Waals surface area contributed by atoms with Gasteiger partial charge in [-0.05, 0) is 67.1 Å². The number of likely N-dealkylation sites (tertiary alicyclic amines) is 2. The van der Waals surface area contributed by atoms with E-state index in [1.54, 1.807) is 11.3 Å². The fourth-order valence-electron chi connectivity index (χ4n) is 3.45. The first-order valence-corrected chi connectivity index (χ1v) is 8.77. The van der Waals surface area contributed by atoms with Crippen molar-refractivity contribution in [3.05, 3.63) is 22.4 Å². The molecule has 0 bridgehead atoms. The highest BCUT2D eigenvalue weighted by Crippen LogP contribution is 2.21. The molecule has 1 atom stereocenters. The van der Waals surface area contributed by atoms with Crippen LogP contribution in [-0.2, 0) is 11.2 Å². The Morgan fingerprint density at radius 1 is 1.25 bits per heavy atom. The van der Waals surface area contributed by atoms with Crippen LogP contribution in [0.3, 0.4) is 0 Å². The minimum absolute atomic E-state index is 0.314. The Kier molecular flexibility index (Phi) is 4.73. The monoisotopic (exact) mass is 292 g/mol. The number of piperidine rings is 1. The Morgan fingerprint density at radius 3 is 2.85 bits per heavy atom. The van der Waals surface area contributed by atoms with E-state index in [9.17, 15) is 4.79 Å². The van der Waals surface area contributed by atoms with E-state index in [0.717, 1.165) is 13.1 Å². The molecule has 1 amide bonds. The van der Waals surface area contributed by atoms with Crippen molar-refractivity contribution >= 4 is 17.2 Å². The number of nitrogens with zero attached hydrogens (tertiary/aromatic N) is 2. The van der Waals surface area contributed by atoms with Gasteiger partial charge in [0.2, 0.25) is 5.91 Å². The van der Waals surface area contributed by atoms with Gasteiger partial charge < -0.3 is 9.80 Å². The third kappa shape index (κ3) is 3.61. The largest absolute Gasteiger partial charge is 0.342 e. The van der Waals surface area contributed by atoms with E-state index in [1.165, 1.54) is 50.9 Å². The summed E-state index contributed by atoms with van der Waals surface area (Å²) in [6.45, 7) is 5.65. The van der Waals surface area contributed by atoms with E-state index < -0.39 is 0 Å². The van der Waals surface area contributed by atoms with Crippen LogP contribution in [0.1, 0.15) is 31.2 Å². The zero-order valence-electron chi connectivity index (χ0n) is 12.1. The van der Waals surface area contributed by atoms with Crippen molar-refractivity contribution in [2.75, 3.05) is 32.7 Å². The number of rotatable bonds is 4. The molecule has 4 heteroatoms. The van der Waals surface area contributed by atoms with Crippen LogP contribution in [0.5, 0.6) is 0 Å². The summed E-state index contributed by atoms with van der Waals surface area (Å²) in [4.78, 5) is 17.0. The summed E-state index contributed by atoms with van der Waals surface area (Å²) in [6, 6.07) is 2.06. The number of hydrogen-bond acceptors (Lipinski definition) is 3. The summed E-state index contributed by atoms with van der Waals surface area (Å²) >= 11 is 1.67. The van der Waals surface area contributed by atoms with Crippen LogP contribution < -0.4 is 0 Å². The van der Waals surface area contributed by atoms with Gasteiger partial charge in [-0.3, -0.25) is 4.79 Å². The van der Waals surface area contributed by atoms with Crippen LogP contribution in [0.15, 0.2) is 16.8 Å². The van der Waals surface area contributed by atoms with Crippen LogP contribution in [0.25, 0.3) is 0 Å². The molecule has 0 radical (unpaired) electrons. The molecule has 1 aromatic rings. The summed E-state index contributed by atoms with van der Waals surface area (Å²) in [5, 5.41) is 4.14. The second kappa shape index (κ2) is 6.72. The molecule has 0 saturated carbocycles. The smallest absolute Gasteiger partial charge is 0.227 e. The van der Waals surface area contributed by atoms with E-state index >= 15 is 0 Å². The van der Waals surface area contributed by atoms with Gasteiger partial charge in [0.05, 0.1) is 6.42 Å². The average molecular weight is 292 g/mol. The SMILES string of the molecule is O=C(Cc1ccsc1)N1CCC[C@H](CN2CCCC2)C1. The van der Waals surface area contributed by atoms with Gasteiger partial charge in [-0.2, -0.15) is 11.3 Å². The van der Waals surface area contributed by atoms with Crippen LogP contribution in [0.4, 0.5) is 0 Å². The maximum Gasteiger partial charge on any atom is 0.227 e. The van der Waals surface area contributed by atoms with Gasteiger partial charge in [0, 0.05) is 19.6 Å². The lowest BCUT2D eigenvalue weighted by molar-refractivity contribution is -0.132. The molecular formula is C16H24N2OS. The Balaban J connectivity index is 1.50. The molecule has 0 N–H and O–H groups in total. The molecule has 2 fully saturated rings. The zero-order valence-corrected chi connectivity index (χ0v) is 12.9. The molecule has 0 spiro atoms. The van der Waals surface area contributed by atoms with Crippen molar-refractivity contribution in [3.63, 3.8) is 0 Å². The normalized spacial score (nSPS) is 24.2. The molecule has 2 aliphatic heterocycles. The van der Waals surface area contributed by atoms with Gasteiger partial charge in [0.15, 0.2) is 0 Å². The zero-order chi connectivity index (χ0) is 13.8. The van der Waals surface area contributed by atoms with E-state index in [4.69, 9.17) is 0 Å². The second-order valence-corrected chi connectivity index (χ2v) is 6.94. The summed E-state index contributed by atoms with van der Waals surface area (Å²) in [7, 11) is 0. The van der Waals surface area contributed by atoms with E-state index in [0.29, 0.717) is 18.2 Å². The standard InChI is InChI=1S/C16H24N2OS/c19-16(10-14-5-9-20-13-14)18-8-3-4-15(12-18)11-17-6-1-2-7-17/h5,9,13,15H,1-4,6-8,10-12H2/t15-/m1/s1. The van der Waals surface area contributed by atoms with Crippen molar-refractivity contribution in [1.29, 1.82) is 0 Å². The Morgan fingerprint density at radius 2 is 2.10 bits per heavy atom. The minimum atomic E-state index is 0.314. The molecule has 3 heterocycles. The van der Waals surface area contributed by atoms with Crippen LogP contribution in [0, 0.1) is 5.92 Å². The molecule has 110 valence electrons. The first kappa shape index (κ1) is 14.1. The molecule has 0 aromatic carbocycles. The van der Waals surface area contributed by atoms with Crippen molar-refractivity contribution in [3.8, 4) is 0 Å². The summed E-state index contributed by atoms with van der Waals surface area (Å²) in [6.07, 6.45) is 5.76. The third-order valence-corrected chi connectivity index (χ3v) is 5.25. The van der Waals surface area contributed by atoms with Crippen molar-refractivity contribution in [2.45, 2.75) is 32.1 Å². The van der Waals surface area contributed by atoms with E-state index in [2.05, 4.69) is 26.6 Å². The first-order chi connectivity index (χ1) is 9.81.